The molecule has 3 nitrogen and oxygen atoms in total. The fourth-order valence-corrected chi connectivity index (χ4v) is 1.42. The Morgan fingerprint density at radius 3 is 2.52 bits per heavy atom. The number of hydrogen-bond acceptors (Lipinski definition) is 1. The minimum atomic E-state index is -4.63. The third-order valence-electron chi connectivity index (χ3n) is 2.37. The molecular formula is C13H16F4IN3. The Labute approximate surface area is 137 Å². The van der Waals surface area contributed by atoms with Crippen molar-refractivity contribution in [3.8, 4) is 0 Å². The molecule has 0 spiro atoms. The highest BCUT2D eigenvalue weighted by molar-refractivity contribution is 14.0. The summed E-state index contributed by atoms with van der Waals surface area (Å²) in [6, 6.07) is 2.45. The molecule has 1 rings (SSSR count). The zero-order chi connectivity index (χ0) is 15.3. The largest absolute Gasteiger partial charge is 0.416 e. The van der Waals surface area contributed by atoms with Gasteiger partial charge in [-0.3, -0.25) is 0 Å². The van der Waals surface area contributed by atoms with Crippen LogP contribution < -0.4 is 11.1 Å². The van der Waals surface area contributed by atoms with Gasteiger partial charge in [0.25, 0.3) is 0 Å². The van der Waals surface area contributed by atoms with Gasteiger partial charge >= 0.3 is 6.18 Å². The van der Waals surface area contributed by atoms with E-state index in [9.17, 15) is 17.6 Å². The van der Waals surface area contributed by atoms with Crippen molar-refractivity contribution >= 4 is 29.9 Å². The van der Waals surface area contributed by atoms with Crippen molar-refractivity contribution in [2.45, 2.75) is 19.6 Å². The summed E-state index contributed by atoms with van der Waals surface area (Å²) in [7, 11) is 0. The molecule has 0 amide bonds. The van der Waals surface area contributed by atoms with Crippen LogP contribution in [-0.4, -0.2) is 12.5 Å². The minimum Gasteiger partial charge on any atom is -0.370 e. The Morgan fingerprint density at radius 1 is 1.38 bits per heavy atom. The lowest BCUT2D eigenvalue weighted by Crippen LogP contribution is -2.32. The predicted octanol–water partition coefficient (Wildman–Crippen LogP) is 3.44. The van der Waals surface area contributed by atoms with Crippen molar-refractivity contribution in [2.24, 2.45) is 10.7 Å². The topological polar surface area (TPSA) is 50.4 Å². The van der Waals surface area contributed by atoms with E-state index >= 15 is 0 Å². The summed E-state index contributed by atoms with van der Waals surface area (Å²) in [5, 5.41) is 2.69. The summed E-state index contributed by atoms with van der Waals surface area (Å²) >= 11 is 0. The molecule has 0 saturated carbocycles. The van der Waals surface area contributed by atoms with E-state index in [2.05, 4.69) is 16.9 Å². The Hall–Kier alpha value is -1.32. The number of nitrogens with zero attached hydrogens (tertiary/aromatic N) is 1. The first kappa shape index (κ1) is 19.7. The molecule has 0 atom stereocenters. The van der Waals surface area contributed by atoms with E-state index in [-0.39, 0.29) is 42.0 Å². The number of nitrogens with two attached hydrogens (primary N) is 1. The number of hydrogen-bond donors (Lipinski definition) is 2. The van der Waals surface area contributed by atoms with Gasteiger partial charge in [0.1, 0.15) is 5.82 Å². The quantitative estimate of drug-likeness (QED) is 0.259. The van der Waals surface area contributed by atoms with E-state index in [0.29, 0.717) is 12.6 Å². The maximum absolute atomic E-state index is 12.9. The Morgan fingerprint density at radius 2 is 2.00 bits per heavy atom. The molecule has 0 aromatic heterocycles. The molecule has 0 heterocycles. The SMILES string of the molecule is C=C(C)CNC(N)=NCc1ccc(F)cc1C(F)(F)F.I. The normalized spacial score (nSPS) is 11.8. The van der Waals surface area contributed by atoms with Crippen LogP contribution in [0.3, 0.4) is 0 Å². The number of alkyl halides is 3. The Balaban J connectivity index is 0.00000400. The van der Waals surface area contributed by atoms with Gasteiger partial charge < -0.3 is 11.1 Å². The monoisotopic (exact) mass is 417 g/mol. The number of guanidine groups is 1. The van der Waals surface area contributed by atoms with Crippen molar-refractivity contribution in [1.29, 1.82) is 0 Å². The molecule has 0 aliphatic rings. The molecule has 3 N–H and O–H groups in total. The zero-order valence-electron chi connectivity index (χ0n) is 11.3. The summed E-state index contributed by atoms with van der Waals surface area (Å²) in [6.45, 7) is 5.50. The van der Waals surface area contributed by atoms with Crippen LogP contribution in [-0.2, 0) is 12.7 Å². The van der Waals surface area contributed by atoms with Crippen molar-refractivity contribution in [1.82, 2.24) is 5.32 Å². The first-order chi connectivity index (χ1) is 9.20. The summed E-state index contributed by atoms with van der Waals surface area (Å²) in [6.07, 6.45) is -4.63. The van der Waals surface area contributed by atoms with Crippen molar-refractivity contribution in [2.75, 3.05) is 6.54 Å². The second-order valence-electron chi connectivity index (χ2n) is 4.31. The van der Waals surface area contributed by atoms with Crippen LogP contribution >= 0.6 is 24.0 Å². The van der Waals surface area contributed by atoms with E-state index < -0.39 is 17.6 Å². The second-order valence-corrected chi connectivity index (χ2v) is 4.31. The fraction of sp³-hybridized carbons (Fsp3) is 0.308. The van der Waals surface area contributed by atoms with Crippen LogP contribution in [0.4, 0.5) is 17.6 Å². The lowest BCUT2D eigenvalue weighted by molar-refractivity contribution is -0.138. The maximum atomic E-state index is 12.9. The highest BCUT2D eigenvalue weighted by Crippen LogP contribution is 2.32. The zero-order valence-corrected chi connectivity index (χ0v) is 13.6. The lowest BCUT2D eigenvalue weighted by atomic mass is 10.1. The van der Waals surface area contributed by atoms with E-state index in [4.69, 9.17) is 5.73 Å². The van der Waals surface area contributed by atoms with Gasteiger partial charge in [-0.15, -0.1) is 24.0 Å². The van der Waals surface area contributed by atoms with Gasteiger partial charge in [-0.05, 0) is 24.6 Å². The third kappa shape index (κ3) is 6.78. The first-order valence-electron chi connectivity index (χ1n) is 5.74. The van der Waals surface area contributed by atoms with Gasteiger partial charge in [-0.1, -0.05) is 18.2 Å². The number of benzene rings is 1. The van der Waals surface area contributed by atoms with Crippen molar-refractivity contribution in [3.05, 3.63) is 47.3 Å². The molecule has 0 radical (unpaired) electrons. The van der Waals surface area contributed by atoms with Crippen LogP contribution in [0, 0.1) is 5.82 Å². The van der Waals surface area contributed by atoms with E-state index in [0.717, 1.165) is 17.7 Å². The van der Waals surface area contributed by atoms with E-state index in [1.165, 1.54) is 0 Å². The summed E-state index contributed by atoms with van der Waals surface area (Å²) in [5.41, 5.74) is 5.12. The van der Waals surface area contributed by atoms with Gasteiger partial charge in [0.2, 0.25) is 0 Å². The minimum absolute atomic E-state index is 0. The predicted molar refractivity (Wildman–Crippen MR) is 85.0 cm³/mol. The fourth-order valence-electron chi connectivity index (χ4n) is 1.42. The molecule has 118 valence electrons. The van der Waals surface area contributed by atoms with Gasteiger partial charge in [-0.25, -0.2) is 9.38 Å². The summed E-state index contributed by atoms with van der Waals surface area (Å²) in [4.78, 5) is 3.79. The molecule has 0 fully saturated rings. The Kier molecular flexibility index (Phi) is 7.69. The second kappa shape index (κ2) is 8.20. The standard InChI is InChI=1S/C13H15F4N3.HI/c1-8(2)6-19-12(18)20-7-9-3-4-10(14)5-11(9)13(15,16)17;/h3-5H,1,6-7H2,2H3,(H3,18,19,20);1H. The maximum Gasteiger partial charge on any atom is 0.416 e. The van der Waals surface area contributed by atoms with Crippen LogP contribution in [0.1, 0.15) is 18.1 Å². The molecule has 0 bridgehead atoms. The molecule has 0 aliphatic carbocycles. The first-order valence-corrected chi connectivity index (χ1v) is 5.74. The Bertz CT molecular complexity index is 527. The molecule has 21 heavy (non-hydrogen) atoms. The van der Waals surface area contributed by atoms with Crippen molar-refractivity contribution in [3.63, 3.8) is 0 Å². The third-order valence-corrected chi connectivity index (χ3v) is 2.37. The lowest BCUT2D eigenvalue weighted by Gasteiger charge is -2.12. The summed E-state index contributed by atoms with van der Waals surface area (Å²) < 4.78 is 51.1. The van der Waals surface area contributed by atoms with Crippen LogP contribution in [0.2, 0.25) is 0 Å². The number of halogens is 5. The summed E-state index contributed by atoms with van der Waals surface area (Å²) in [5.74, 6) is -0.941. The molecule has 0 saturated heterocycles. The van der Waals surface area contributed by atoms with E-state index in [1.54, 1.807) is 6.92 Å². The molecule has 1 aromatic rings. The van der Waals surface area contributed by atoms with Crippen LogP contribution in [0.5, 0.6) is 0 Å². The number of nitrogens with one attached hydrogen (secondary N) is 1. The van der Waals surface area contributed by atoms with Crippen molar-refractivity contribution < 1.29 is 17.6 Å². The van der Waals surface area contributed by atoms with E-state index in [1.807, 2.05) is 0 Å². The van der Waals surface area contributed by atoms with Gasteiger partial charge in [0.05, 0.1) is 12.1 Å². The number of aliphatic imine (C=N–C) groups is 1. The van der Waals surface area contributed by atoms with Crippen LogP contribution in [0.15, 0.2) is 35.3 Å². The van der Waals surface area contributed by atoms with Crippen LogP contribution in [0.25, 0.3) is 0 Å². The average Bonchev–Trinajstić information content (AvgIpc) is 2.33. The smallest absolute Gasteiger partial charge is 0.370 e. The molecule has 0 unspecified atom stereocenters. The highest BCUT2D eigenvalue weighted by Gasteiger charge is 2.33. The van der Waals surface area contributed by atoms with Gasteiger partial charge in [-0.2, -0.15) is 13.2 Å². The molecule has 8 heteroatoms. The average molecular weight is 417 g/mol. The molecule has 1 aromatic carbocycles. The highest BCUT2D eigenvalue weighted by atomic mass is 127. The molecule has 0 aliphatic heterocycles. The molecular weight excluding hydrogens is 401 g/mol. The van der Waals surface area contributed by atoms with Gasteiger partial charge in [0.15, 0.2) is 5.96 Å². The van der Waals surface area contributed by atoms with Gasteiger partial charge in [0, 0.05) is 6.54 Å². The number of rotatable bonds is 4.